The highest BCUT2D eigenvalue weighted by molar-refractivity contribution is 5.67. The first-order chi connectivity index (χ1) is 16.3. The lowest BCUT2D eigenvalue weighted by Gasteiger charge is -2.32. The van der Waals surface area contributed by atoms with E-state index in [-0.39, 0.29) is 48.8 Å². The number of alkyl carbamates (subject to hydrolysis) is 2. The second-order valence-electron chi connectivity index (χ2n) is 10.2. The fourth-order valence-corrected chi connectivity index (χ4v) is 4.75. The average Bonchev–Trinajstić information content (AvgIpc) is 2.77. The first-order valence-corrected chi connectivity index (χ1v) is 13.5. The molecule has 0 aromatic carbocycles. The topological polar surface area (TPSA) is 95.1 Å². The summed E-state index contributed by atoms with van der Waals surface area (Å²) in [6.07, 6.45) is 11.0. The highest BCUT2D eigenvalue weighted by Crippen LogP contribution is 2.26. The summed E-state index contributed by atoms with van der Waals surface area (Å²) < 4.78 is 23.1. The lowest BCUT2D eigenvalue weighted by molar-refractivity contribution is -0.0864. The van der Waals surface area contributed by atoms with E-state index in [2.05, 4.69) is 10.6 Å². The third-order valence-electron chi connectivity index (χ3n) is 6.34. The molecule has 2 rings (SSSR count). The van der Waals surface area contributed by atoms with Gasteiger partial charge in [0.15, 0.2) is 0 Å². The van der Waals surface area contributed by atoms with Crippen molar-refractivity contribution in [3.05, 3.63) is 0 Å². The number of carbonyl (C=O) groups excluding carboxylic acids is 2. The molecule has 0 aromatic rings. The average molecular weight is 485 g/mol. The van der Waals surface area contributed by atoms with E-state index in [1.165, 1.54) is 0 Å². The summed E-state index contributed by atoms with van der Waals surface area (Å²) in [4.78, 5) is 24.3. The largest absolute Gasteiger partial charge is 0.443 e. The Kier molecular flexibility index (Phi) is 13.7. The Hall–Kier alpha value is -1.54. The molecule has 2 saturated carbocycles. The van der Waals surface area contributed by atoms with Crippen molar-refractivity contribution in [2.24, 2.45) is 0 Å². The van der Waals surface area contributed by atoms with Gasteiger partial charge in [0.25, 0.3) is 0 Å². The predicted molar refractivity (Wildman–Crippen MR) is 132 cm³/mol. The molecular weight excluding hydrogens is 436 g/mol. The van der Waals surface area contributed by atoms with E-state index in [0.717, 1.165) is 77.0 Å². The molecular formula is C26H48N2O6. The monoisotopic (exact) mass is 484 g/mol. The summed E-state index contributed by atoms with van der Waals surface area (Å²) in [5, 5.41) is 5.72. The van der Waals surface area contributed by atoms with Gasteiger partial charge in [0, 0.05) is 13.1 Å². The van der Waals surface area contributed by atoms with Gasteiger partial charge in [-0.25, -0.2) is 9.59 Å². The quantitative estimate of drug-likeness (QED) is 0.337. The molecule has 8 nitrogen and oxygen atoms in total. The van der Waals surface area contributed by atoms with Crippen molar-refractivity contribution < 1.29 is 28.5 Å². The minimum atomic E-state index is -0.351. The maximum absolute atomic E-state index is 12.1. The van der Waals surface area contributed by atoms with Gasteiger partial charge in [0.2, 0.25) is 0 Å². The Morgan fingerprint density at radius 1 is 0.618 bits per heavy atom. The van der Waals surface area contributed by atoms with Crippen molar-refractivity contribution in [1.82, 2.24) is 10.6 Å². The molecule has 0 unspecified atom stereocenters. The number of rotatable bonds is 13. The molecule has 4 atom stereocenters. The number of unbranched alkanes of at least 4 members (excludes halogenated alkanes) is 3. The number of ether oxygens (including phenoxy) is 4. The van der Waals surface area contributed by atoms with Gasteiger partial charge in [-0.3, -0.25) is 0 Å². The van der Waals surface area contributed by atoms with Gasteiger partial charge in [0.05, 0.1) is 24.4 Å². The van der Waals surface area contributed by atoms with Gasteiger partial charge in [0.1, 0.15) is 12.2 Å². The predicted octanol–water partition coefficient (Wildman–Crippen LogP) is 5.47. The second kappa shape index (κ2) is 16.2. The molecule has 0 bridgehead atoms. The second-order valence-corrected chi connectivity index (χ2v) is 10.2. The molecule has 0 saturated heterocycles. The van der Waals surface area contributed by atoms with Crippen molar-refractivity contribution >= 4 is 12.2 Å². The van der Waals surface area contributed by atoms with E-state index in [4.69, 9.17) is 18.9 Å². The zero-order chi connectivity index (χ0) is 24.8. The van der Waals surface area contributed by atoms with Gasteiger partial charge >= 0.3 is 12.2 Å². The van der Waals surface area contributed by atoms with Gasteiger partial charge in [-0.1, -0.05) is 25.7 Å². The minimum Gasteiger partial charge on any atom is -0.443 e. The van der Waals surface area contributed by atoms with Crippen LogP contribution in [-0.4, -0.2) is 61.9 Å². The van der Waals surface area contributed by atoms with Crippen LogP contribution in [0.3, 0.4) is 0 Å². The van der Waals surface area contributed by atoms with Gasteiger partial charge in [-0.15, -0.1) is 0 Å². The number of nitrogens with one attached hydrogen (secondary N) is 2. The smallest absolute Gasteiger partial charge is 0.407 e. The van der Waals surface area contributed by atoms with Gasteiger partial charge in [-0.05, 0) is 79.1 Å². The molecule has 2 N–H and O–H groups in total. The summed E-state index contributed by atoms with van der Waals surface area (Å²) in [6.45, 7) is 9.24. The van der Waals surface area contributed by atoms with E-state index in [9.17, 15) is 9.59 Å². The maximum Gasteiger partial charge on any atom is 0.407 e. The van der Waals surface area contributed by atoms with Crippen LogP contribution in [0.4, 0.5) is 9.59 Å². The van der Waals surface area contributed by atoms with Crippen molar-refractivity contribution in [1.29, 1.82) is 0 Å². The van der Waals surface area contributed by atoms with Crippen LogP contribution in [0.25, 0.3) is 0 Å². The van der Waals surface area contributed by atoms with E-state index in [0.29, 0.717) is 13.1 Å². The zero-order valence-corrected chi connectivity index (χ0v) is 21.8. The van der Waals surface area contributed by atoms with Crippen LogP contribution < -0.4 is 10.6 Å². The normalized spacial score (nSPS) is 25.2. The van der Waals surface area contributed by atoms with Crippen molar-refractivity contribution in [2.75, 3.05) is 13.1 Å². The third-order valence-corrected chi connectivity index (χ3v) is 6.34. The Labute approximate surface area is 206 Å². The van der Waals surface area contributed by atoms with Crippen LogP contribution in [-0.2, 0) is 18.9 Å². The third kappa shape index (κ3) is 11.7. The van der Waals surface area contributed by atoms with Crippen LogP contribution >= 0.6 is 0 Å². The van der Waals surface area contributed by atoms with Crippen LogP contribution in [0.15, 0.2) is 0 Å². The molecule has 0 heterocycles. The summed E-state index contributed by atoms with van der Waals surface area (Å²) in [6, 6.07) is 0. The molecule has 34 heavy (non-hydrogen) atoms. The number of hydrogen-bond donors (Lipinski definition) is 2. The van der Waals surface area contributed by atoms with Crippen molar-refractivity contribution in [3.8, 4) is 0 Å². The standard InChI is InChI=1S/C26H48N2O6/c1-19(2)31-21-13-7-9-15-23(21)33-25(29)27-17-11-5-6-12-18-28-26(30)34-24-16-10-8-14-22(24)32-20(3)4/h19-24H,5-18H2,1-4H3,(H,27,29)(H,28,30)/t21-,22+,23+,24-. The fourth-order valence-electron chi connectivity index (χ4n) is 4.75. The molecule has 2 aliphatic rings. The molecule has 2 amide bonds. The zero-order valence-electron chi connectivity index (χ0n) is 21.8. The van der Waals surface area contributed by atoms with E-state index < -0.39 is 0 Å². The van der Waals surface area contributed by atoms with Crippen LogP contribution in [0, 0.1) is 0 Å². The van der Waals surface area contributed by atoms with Crippen LogP contribution in [0.5, 0.6) is 0 Å². The number of amides is 2. The molecule has 2 fully saturated rings. The van der Waals surface area contributed by atoms with E-state index in [1.54, 1.807) is 0 Å². The van der Waals surface area contributed by atoms with Crippen LogP contribution in [0.1, 0.15) is 105 Å². The molecule has 8 heteroatoms. The number of hydrogen-bond acceptors (Lipinski definition) is 6. The highest BCUT2D eigenvalue weighted by Gasteiger charge is 2.30. The Morgan fingerprint density at radius 2 is 0.971 bits per heavy atom. The van der Waals surface area contributed by atoms with Crippen molar-refractivity contribution in [2.45, 2.75) is 141 Å². The summed E-state index contributed by atoms with van der Waals surface area (Å²) in [7, 11) is 0. The fraction of sp³-hybridized carbons (Fsp3) is 0.923. The first kappa shape index (κ1) is 28.7. The van der Waals surface area contributed by atoms with Gasteiger partial charge in [-0.2, -0.15) is 0 Å². The van der Waals surface area contributed by atoms with Crippen LogP contribution in [0.2, 0.25) is 0 Å². The van der Waals surface area contributed by atoms with Gasteiger partial charge < -0.3 is 29.6 Å². The minimum absolute atomic E-state index is 0.00502. The molecule has 0 aromatic heterocycles. The maximum atomic E-state index is 12.1. The molecule has 0 radical (unpaired) electrons. The Morgan fingerprint density at radius 3 is 1.32 bits per heavy atom. The molecule has 198 valence electrons. The SMILES string of the molecule is CC(C)O[C@H]1CCCC[C@H]1OC(=O)NCCCCCCNC(=O)O[C@H]1CCCC[C@H]1OC(C)C. The first-order valence-electron chi connectivity index (χ1n) is 13.5. The summed E-state index contributed by atoms with van der Waals surface area (Å²) >= 11 is 0. The lowest BCUT2D eigenvalue weighted by Crippen LogP contribution is -2.40. The summed E-state index contributed by atoms with van der Waals surface area (Å²) in [5.41, 5.74) is 0. The number of carbonyl (C=O) groups is 2. The van der Waals surface area contributed by atoms with E-state index >= 15 is 0 Å². The van der Waals surface area contributed by atoms with Crippen molar-refractivity contribution in [3.63, 3.8) is 0 Å². The Bertz CT molecular complexity index is 536. The molecule has 0 aliphatic heterocycles. The molecule has 0 spiro atoms. The summed E-state index contributed by atoms with van der Waals surface area (Å²) in [5.74, 6) is 0. The molecule has 2 aliphatic carbocycles. The Balaban J connectivity index is 1.49. The highest BCUT2D eigenvalue weighted by atomic mass is 16.6. The lowest BCUT2D eigenvalue weighted by atomic mass is 9.94. The van der Waals surface area contributed by atoms with E-state index in [1.807, 2.05) is 27.7 Å².